The van der Waals surface area contributed by atoms with E-state index >= 15 is 0 Å². The Labute approximate surface area is 105 Å². The van der Waals surface area contributed by atoms with Crippen LogP contribution in [0.3, 0.4) is 0 Å². The minimum atomic E-state index is -1.54. The first-order valence-electron chi connectivity index (χ1n) is 5.56. The normalized spacial score (nSPS) is 10.8. The topological polar surface area (TPSA) is 78.4 Å². The van der Waals surface area contributed by atoms with Crippen molar-refractivity contribution in [2.45, 2.75) is 25.2 Å². The Morgan fingerprint density at radius 1 is 1.22 bits per heavy atom. The van der Waals surface area contributed by atoms with Crippen LogP contribution in [0.2, 0.25) is 0 Å². The first kappa shape index (κ1) is 14.1. The Kier molecular flexibility index (Phi) is 4.76. The molecule has 0 aliphatic rings. The highest BCUT2D eigenvalue weighted by Gasteiger charge is 2.50. The molecule has 18 heavy (non-hydrogen) atoms. The number of aromatic nitrogens is 2. The summed E-state index contributed by atoms with van der Waals surface area (Å²) in [6, 6.07) is 0. The lowest BCUT2D eigenvalue weighted by atomic mass is 9.80. The quantitative estimate of drug-likeness (QED) is 0.571. The third kappa shape index (κ3) is 2.32. The molecule has 98 valence electrons. The van der Waals surface area contributed by atoms with Crippen molar-refractivity contribution in [3.05, 3.63) is 24.3 Å². The highest BCUT2D eigenvalue weighted by atomic mass is 16.5. The van der Waals surface area contributed by atoms with Gasteiger partial charge >= 0.3 is 11.9 Å². The van der Waals surface area contributed by atoms with Crippen LogP contribution in [0.25, 0.3) is 0 Å². The minimum absolute atomic E-state index is 0.241. The number of nitrogens with zero attached hydrogens (tertiary/aromatic N) is 2. The van der Waals surface area contributed by atoms with Crippen molar-refractivity contribution in [1.82, 2.24) is 9.97 Å². The van der Waals surface area contributed by atoms with Gasteiger partial charge in [0, 0.05) is 12.4 Å². The highest BCUT2D eigenvalue weighted by molar-refractivity contribution is 6.05. The summed E-state index contributed by atoms with van der Waals surface area (Å²) < 4.78 is 9.48. The Hall–Kier alpha value is -1.98. The van der Waals surface area contributed by atoms with Gasteiger partial charge in [0.25, 0.3) is 0 Å². The first-order chi connectivity index (χ1) is 8.63. The average Bonchev–Trinajstić information content (AvgIpc) is 2.44. The third-order valence-corrected chi connectivity index (χ3v) is 2.69. The fourth-order valence-electron chi connectivity index (χ4n) is 1.87. The molecule has 0 N–H and O–H groups in total. The van der Waals surface area contributed by atoms with Crippen molar-refractivity contribution in [2.24, 2.45) is 0 Å². The van der Waals surface area contributed by atoms with Crippen LogP contribution in [-0.2, 0) is 24.5 Å². The zero-order chi connectivity index (χ0) is 13.6. The summed E-state index contributed by atoms with van der Waals surface area (Å²) in [5.74, 6) is -1.37. The number of carbonyl (C=O) groups is 2. The van der Waals surface area contributed by atoms with Gasteiger partial charge in [-0.1, -0.05) is 13.3 Å². The summed E-state index contributed by atoms with van der Waals surface area (Å²) >= 11 is 0. The van der Waals surface area contributed by atoms with E-state index < -0.39 is 17.4 Å². The number of hydrogen-bond donors (Lipinski definition) is 0. The molecule has 1 aromatic heterocycles. The Morgan fingerprint density at radius 2 is 1.83 bits per heavy atom. The smallest absolute Gasteiger partial charge is 0.329 e. The number of methoxy groups -OCH3 is 2. The van der Waals surface area contributed by atoms with Crippen LogP contribution in [0.4, 0.5) is 0 Å². The molecule has 0 saturated heterocycles. The van der Waals surface area contributed by atoms with Gasteiger partial charge in [-0.15, -0.1) is 0 Å². The van der Waals surface area contributed by atoms with E-state index in [1.54, 1.807) is 0 Å². The standard InChI is InChI=1S/C12H16N2O4/c1-4-5-12(10(15)17-2,11(16)18-3)9-8-13-6-7-14-9/h6-8H,4-5H2,1-3H3. The maximum Gasteiger partial charge on any atom is 0.329 e. The SMILES string of the molecule is CCCC(C(=O)OC)(C(=O)OC)c1cnccn1. The molecule has 0 unspecified atom stereocenters. The molecule has 0 spiro atoms. The lowest BCUT2D eigenvalue weighted by Crippen LogP contribution is -2.46. The Balaban J connectivity index is 3.38. The van der Waals surface area contributed by atoms with Crippen molar-refractivity contribution in [3.63, 3.8) is 0 Å². The summed E-state index contributed by atoms with van der Waals surface area (Å²) in [6.45, 7) is 1.86. The van der Waals surface area contributed by atoms with Gasteiger partial charge in [0.1, 0.15) is 0 Å². The molecule has 1 heterocycles. The molecule has 0 atom stereocenters. The third-order valence-electron chi connectivity index (χ3n) is 2.69. The van der Waals surface area contributed by atoms with Gasteiger partial charge in [-0.25, -0.2) is 0 Å². The van der Waals surface area contributed by atoms with Crippen LogP contribution in [0.5, 0.6) is 0 Å². The molecule has 0 aliphatic heterocycles. The van der Waals surface area contributed by atoms with Crippen LogP contribution >= 0.6 is 0 Å². The summed E-state index contributed by atoms with van der Waals surface area (Å²) in [7, 11) is 2.46. The lowest BCUT2D eigenvalue weighted by Gasteiger charge is -2.26. The predicted octanol–water partition coefficient (Wildman–Crippen LogP) is 0.860. The highest BCUT2D eigenvalue weighted by Crippen LogP contribution is 2.30. The molecular formula is C12H16N2O4. The second kappa shape index (κ2) is 6.09. The van der Waals surface area contributed by atoms with E-state index in [1.807, 2.05) is 6.92 Å². The predicted molar refractivity (Wildman–Crippen MR) is 62.7 cm³/mol. The molecule has 0 fully saturated rings. The maximum atomic E-state index is 12.0. The minimum Gasteiger partial charge on any atom is -0.468 e. The van der Waals surface area contributed by atoms with Gasteiger partial charge in [0.15, 0.2) is 0 Å². The molecule has 6 nitrogen and oxygen atoms in total. The number of ether oxygens (including phenoxy) is 2. The van der Waals surface area contributed by atoms with Crippen molar-refractivity contribution in [1.29, 1.82) is 0 Å². The molecule has 0 bridgehead atoms. The Morgan fingerprint density at radius 3 is 2.22 bits per heavy atom. The van der Waals surface area contributed by atoms with E-state index in [4.69, 9.17) is 9.47 Å². The molecule has 6 heteroatoms. The summed E-state index contributed by atoms with van der Waals surface area (Å²) in [6.07, 6.45) is 5.12. The van der Waals surface area contributed by atoms with Gasteiger partial charge < -0.3 is 9.47 Å². The van der Waals surface area contributed by atoms with E-state index in [1.165, 1.54) is 32.8 Å². The molecule has 0 radical (unpaired) electrons. The zero-order valence-corrected chi connectivity index (χ0v) is 10.7. The zero-order valence-electron chi connectivity index (χ0n) is 10.7. The van der Waals surface area contributed by atoms with E-state index in [9.17, 15) is 9.59 Å². The van der Waals surface area contributed by atoms with Gasteiger partial charge in [0.2, 0.25) is 5.41 Å². The largest absolute Gasteiger partial charge is 0.468 e. The van der Waals surface area contributed by atoms with Crippen molar-refractivity contribution in [3.8, 4) is 0 Å². The van der Waals surface area contributed by atoms with E-state index in [0.29, 0.717) is 6.42 Å². The second-order valence-electron chi connectivity index (χ2n) is 3.73. The summed E-state index contributed by atoms with van der Waals surface area (Å²) in [5, 5.41) is 0. The molecule has 0 amide bonds. The number of hydrogen-bond acceptors (Lipinski definition) is 6. The van der Waals surface area contributed by atoms with E-state index in [2.05, 4.69) is 9.97 Å². The summed E-state index contributed by atoms with van der Waals surface area (Å²) in [4.78, 5) is 32.0. The van der Waals surface area contributed by atoms with E-state index in [0.717, 1.165) is 0 Å². The maximum absolute atomic E-state index is 12.0. The van der Waals surface area contributed by atoms with Crippen LogP contribution in [-0.4, -0.2) is 36.1 Å². The van der Waals surface area contributed by atoms with E-state index in [-0.39, 0.29) is 12.1 Å². The van der Waals surface area contributed by atoms with Crippen molar-refractivity contribution in [2.75, 3.05) is 14.2 Å². The van der Waals surface area contributed by atoms with Crippen LogP contribution < -0.4 is 0 Å². The molecule has 1 aromatic rings. The molecule has 0 aromatic carbocycles. The van der Waals surface area contributed by atoms with Gasteiger partial charge in [-0.3, -0.25) is 19.6 Å². The molecule has 0 saturated carbocycles. The van der Waals surface area contributed by atoms with Gasteiger partial charge in [-0.2, -0.15) is 0 Å². The number of rotatable bonds is 5. The summed E-state index contributed by atoms with van der Waals surface area (Å²) in [5.41, 5.74) is -1.29. The second-order valence-corrected chi connectivity index (χ2v) is 3.73. The monoisotopic (exact) mass is 252 g/mol. The van der Waals surface area contributed by atoms with Crippen LogP contribution in [0.15, 0.2) is 18.6 Å². The first-order valence-corrected chi connectivity index (χ1v) is 5.56. The number of esters is 2. The lowest BCUT2D eigenvalue weighted by molar-refractivity contribution is -0.162. The molecule has 1 rings (SSSR count). The van der Waals surface area contributed by atoms with Crippen LogP contribution in [0.1, 0.15) is 25.5 Å². The van der Waals surface area contributed by atoms with Gasteiger partial charge in [0.05, 0.1) is 26.1 Å². The van der Waals surface area contributed by atoms with Crippen LogP contribution in [0, 0.1) is 0 Å². The van der Waals surface area contributed by atoms with Crippen molar-refractivity contribution < 1.29 is 19.1 Å². The average molecular weight is 252 g/mol. The van der Waals surface area contributed by atoms with Crippen molar-refractivity contribution >= 4 is 11.9 Å². The molecular weight excluding hydrogens is 236 g/mol. The Bertz CT molecular complexity index is 403. The van der Waals surface area contributed by atoms with Gasteiger partial charge in [-0.05, 0) is 6.42 Å². The fraction of sp³-hybridized carbons (Fsp3) is 0.500. The number of carbonyl (C=O) groups excluding carboxylic acids is 2. The molecule has 0 aliphatic carbocycles. The fourth-order valence-corrected chi connectivity index (χ4v) is 1.87.